The minimum Gasteiger partial charge on any atom is -0.138 e. The average molecular weight is 2150 g/mol. The van der Waals surface area contributed by atoms with Crippen LogP contribution in [0.4, 0.5) is 0 Å². The molecule has 13 nitrogen and oxygen atoms in total. The molecule has 0 aliphatic rings. The molecule has 697 valence electrons. The third kappa shape index (κ3) is 36.3. The van der Waals surface area contributed by atoms with E-state index in [-0.39, 0.29) is 7.43 Å². The van der Waals surface area contributed by atoms with E-state index >= 15 is 0 Å². The second kappa shape index (κ2) is 64.7. The zero-order valence-corrected chi connectivity index (χ0v) is 90.8. The van der Waals surface area contributed by atoms with Gasteiger partial charge in [0.1, 0.15) is 33.1 Å². The van der Waals surface area contributed by atoms with Gasteiger partial charge in [-0.2, -0.15) is 0 Å². The van der Waals surface area contributed by atoms with Gasteiger partial charge in [-0.1, -0.05) is 358 Å². The third-order valence-electron chi connectivity index (χ3n) is 23.9. The van der Waals surface area contributed by atoms with Crippen LogP contribution in [0.2, 0.25) is 0 Å². The van der Waals surface area contributed by atoms with Crippen LogP contribution in [-0.2, 0) is 32.1 Å². The molecule has 0 amide bonds. The predicted octanol–water partition coefficient (Wildman–Crippen LogP) is 39.2. The Labute approximate surface area is 842 Å². The van der Waals surface area contributed by atoms with Gasteiger partial charge in [-0.25, -0.2) is 0 Å². The summed E-state index contributed by atoms with van der Waals surface area (Å²) in [6.45, 7) is 11.4. The van der Waals surface area contributed by atoms with E-state index in [0.717, 1.165) is 98.1 Å². The van der Waals surface area contributed by atoms with Crippen molar-refractivity contribution in [1.29, 1.82) is 0 Å². The van der Waals surface area contributed by atoms with E-state index in [9.17, 15) is 0 Å². The molecule has 0 fully saturated rings. The van der Waals surface area contributed by atoms with Crippen molar-refractivity contribution in [3.8, 4) is 41.8 Å². The largest absolute Gasteiger partial charge is 0.138 e. The molecule has 0 spiro atoms. The first-order chi connectivity index (χ1) is 62.6. The van der Waals surface area contributed by atoms with Gasteiger partial charge in [0, 0.05) is 41.8 Å². The maximum Gasteiger partial charge on any atom is 0.107 e. The number of rotatable bonds is 59. The SMILES string of the molecule is C.CCCCCCCCCCCCc1cc(-c2c3nnsc3c(-c3cc(CCCCCCCCCCCC)c(Br)s3)c3nnsc23)sc1Br.CCCCCCCCCCCCc1csc(-c2c3nnsc3c(-c3cc(CCCCCCCCCCCC)cs3)c3nnsc23)c1.CCCCCCCCCCCCc1csc(Br)c1.[B]=NS.c1c2nnsc2cc2nnsc12. The van der Waals surface area contributed by atoms with Gasteiger partial charge in [0.15, 0.2) is 0 Å². The molecular weight excluding hydrogens is 2010 g/mol. The molecule has 128 heavy (non-hydrogen) atoms. The molecule has 0 bridgehead atoms. The van der Waals surface area contributed by atoms with Gasteiger partial charge in [0.25, 0.3) is 0 Å². The average Bonchev–Trinajstić information content (AvgIpc) is 1.58. The van der Waals surface area contributed by atoms with Gasteiger partial charge in [0.05, 0.1) is 39.6 Å². The van der Waals surface area contributed by atoms with Crippen molar-refractivity contribution >= 4 is 255 Å². The number of nitrogens with zero attached hydrogens (tertiary/aromatic N) is 13. The Hall–Kier alpha value is -3.27. The summed E-state index contributed by atoms with van der Waals surface area (Å²) in [6.07, 6.45) is 74.8. The molecule has 29 heteroatoms. The summed E-state index contributed by atoms with van der Waals surface area (Å²) in [5, 5.41) is 33.7. The zero-order valence-electron chi connectivity index (χ0n) is 76.1. The maximum absolute atomic E-state index is 4.72. The molecule has 0 saturated carbocycles. The number of thiol groups is 1. The molecule has 0 aliphatic carbocycles. The van der Waals surface area contributed by atoms with Crippen LogP contribution in [0, 0.1) is 0 Å². The fourth-order valence-corrected chi connectivity index (χ4v) is 27.9. The maximum atomic E-state index is 4.72. The van der Waals surface area contributed by atoms with Crippen LogP contribution < -0.4 is 0 Å². The Balaban J connectivity index is 0.000000212. The molecule has 14 rings (SSSR count). The van der Waals surface area contributed by atoms with Crippen molar-refractivity contribution in [2.24, 2.45) is 4.30 Å². The molecule has 11 heterocycles. The fraction of sp³-hybridized carbons (Fsp3) is 0.616. The molecular formula is C99H140BBr3N13S12. The van der Waals surface area contributed by atoms with Crippen molar-refractivity contribution in [3.63, 3.8) is 0 Å². The number of hydrogen-bond donors (Lipinski definition) is 1. The van der Waals surface area contributed by atoms with Crippen LogP contribution in [0.1, 0.15) is 391 Å². The van der Waals surface area contributed by atoms with Crippen molar-refractivity contribution in [1.82, 2.24) is 57.5 Å². The molecule has 0 aliphatic heterocycles. The molecule has 3 aromatic carbocycles. The van der Waals surface area contributed by atoms with E-state index in [1.807, 2.05) is 57.5 Å². The summed E-state index contributed by atoms with van der Waals surface area (Å²) in [5.41, 5.74) is 17.7. The number of aromatic nitrogens is 12. The van der Waals surface area contributed by atoms with Crippen molar-refractivity contribution in [3.05, 3.63) is 97.8 Å². The number of unbranched alkanes of at least 4 members (excludes halogenated alkanes) is 45. The number of benzene rings is 3. The van der Waals surface area contributed by atoms with E-state index in [1.165, 1.54) is 466 Å². The second-order valence-corrected chi connectivity index (χ2v) is 47.8. The topological polar surface area (TPSA) is 167 Å². The van der Waals surface area contributed by atoms with Crippen LogP contribution in [0.3, 0.4) is 0 Å². The Morgan fingerprint density at radius 1 is 0.281 bits per heavy atom. The van der Waals surface area contributed by atoms with E-state index in [4.69, 9.17) is 20.4 Å². The number of hydrogen-bond acceptors (Lipinski definition) is 25. The molecule has 0 N–H and O–H groups in total. The number of aryl methyl sites for hydroxylation is 5. The second-order valence-electron chi connectivity index (χ2n) is 34.1. The number of halogens is 3. The van der Waals surface area contributed by atoms with Crippen LogP contribution in [-0.4, -0.2) is 65.2 Å². The summed E-state index contributed by atoms with van der Waals surface area (Å²) >= 11 is 32.4. The molecule has 0 atom stereocenters. The van der Waals surface area contributed by atoms with Gasteiger partial charge in [-0.15, -0.1) is 87.3 Å². The van der Waals surface area contributed by atoms with Crippen LogP contribution in [0.15, 0.2) is 74.3 Å². The standard InChI is InChI=1S/C38H52Br2N4S4.C38H54N4S4.C16H27BrS.C6H2N4S2.CH4.BHNS/c1-3-5-7-9-11-13-15-17-19-21-23-27-25-29(45-37(27)39)31-33-36(48-43-41-33)32(34-35(31)47-44-42-34)30-26-28(38(40)46-30)24-22-20-18-16-14-12-10-8-6-4-2;1-3-5-7-9-11-13-15-17-19-21-23-29-25-31(43-27-29)33-35-38(46-41-39-35)34(36-37(33)45-42-40-36)32-26-30(28-44-32)24-22-20-18-16-14-12-10-8-6-4-2;1-2-3-4-5-6-7-8-9-10-11-12-15-13-16(17)18-14-15;1-3-6(12-9-7-3)2-4-5(1)11-10-8-4;;1-2-3/h25-26H,3-24H2,1-2H3;25-28H,3-24H2,1-2H3;13-14H,2-12H2,1H3;1-2H;1H4;3H. The Bertz CT molecular complexity index is 4880. The normalized spacial score (nSPS) is 11.4. The Morgan fingerprint density at radius 2 is 0.516 bits per heavy atom. The van der Waals surface area contributed by atoms with Gasteiger partial charge in [-0.3, -0.25) is 0 Å². The minimum absolute atomic E-state index is 0. The Kier molecular flexibility index (Phi) is 54.8. The predicted molar refractivity (Wildman–Crippen MR) is 587 cm³/mol. The quantitative estimate of drug-likeness (QED) is 0.0218. The Morgan fingerprint density at radius 3 is 0.781 bits per heavy atom. The van der Waals surface area contributed by atoms with Crippen molar-refractivity contribution in [2.45, 2.75) is 395 Å². The smallest absolute Gasteiger partial charge is 0.107 e. The van der Waals surface area contributed by atoms with Gasteiger partial charge in [0.2, 0.25) is 0 Å². The zero-order chi connectivity index (χ0) is 89.1. The van der Waals surface area contributed by atoms with Crippen molar-refractivity contribution in [2.75, 3.05) is 0 Å². The van der Waals surface area contributed by atoms with Crippen LogP contribution >= 0.6 is 186 Å². The van der Waals surface area contributed by atoms with Crippen LogP contribution in [0.25, 0.3) is 103 Å². The molecule has 11 aromatic heterocycles. The number of fused-ring (bicyclic) bond motifs is 6. The number of thiophene rings is 5. The third-order valence-corrected chi connectivity index (χ3v) is 35.8. The van der Waals surface area contributed by atoms with Gasteiger partial charge < -0.3 is 0 Å². The first-order valence-electron chi connectivity index (χ1n) is 48.2. The first-order valence-corrected chi connectivity index (χ1v) is 59.9. The summed E-state index contributed by atoms with van der Waals surface area (Å²) in [6, 6.07) is 15.7. The molecule has 0 unspecified atom stereocenters. The minimum atomic E-state index is 0. The summed E-state index contributed by atoms with van der Waals surface area (Å²) < 4.78 is 38.7. The van der Waals surface area contributed by atoms with Crippen molar-refractivity contribution < 1.29 is 0 Å². The molecule has 1 radical (unpaired) electrons. The fourth-order valence-electron chi connectivity index (χ4n) is 16.7. The monoisotopic (exact) mass is 2140 g/mol. The molecule has 0 saturated heterocycles. The summed E-state index contributed by atoms with van der Waals surface area (Å²) in [7, 11) is 4.34. The van der Waals surface area contributed by atoms with Crippen LogP contribution in [0.5, 0.6) is 0 Å². The van der Waals surface area contributed by atoms with E-state index in [0.29, 0.717) is 0 Å². The van der Waals surface area contributed by atoms with E-state index in [2.05, 4.69) is 191 Å². The first kappa shape index (κ1) is 108. The summed E-state index contributed by atoms with van der Waals surface area (Å²) in [5.74, 6) is 0. The van der Waals surface area contributed by atoms with E-state index in [1.54, 1.807) is 11.3 Å². The summed E-state index contributed by atoms with van der Waals surface area (Å²) in [4.78, 5) is 5.02. The van der Waals surface area contributed by atoms with E-state index < -0.39 is 0 Å². The van der Waals surface area contributed by atoms with Gasteiger partial charge in [-0.05, 0) is 268 Å². The van der Waals surface area contributed by atoms with Gasteiger partial charge >= 0.3 is 24.8 Å². The molecule has 14 aromatic rings.